The SMILES string of the molecule is N#Cc1ccc2c(c1)[C@H]1OCCC[C@H]1[C@@H](c1cccc(O)c1)N2. The van der Waals surface area contributed by atoms with Crippen LogP contribution in [-0.4, -0.2) is 11.7 Å². The molecule has 0 unspecified atom stereocenters. The van der Waals surface area contributed by atoms with Crippen LogP contribution in [-0.2, 0) is 4.74 Å². The minimum absolute atomic E-state index is 0.000601. The van der Waals surface area contributed by atoms with Crippen molar-refractivity contribution >= 4 is 5.69 Å². The van der Waals surface area contributed by atoms with Gasteiger partial charge in [0.2, 0.25) is 0 Å². The van der Waals surface area contributed by atoms with Crippen molar-refractivity contribution in [2.24, 2.45) is 5.92 Å². The van der Waals surface area contributed by atoms with E-state index < -0.39 is 0 Å². The Hall–Kier alpha value is -2.51. The van der Waals surface area contributed by atoms with E-state index in [0.717, 1.165) is 36.3 Å². The maximum atomic E-state index is 9.81. The number of aromatic hydroxyl groups is 1. The van der Waals surface area contributed by atoms with E-state index in [1.54, 1.807) is 6.07 Å². The lowest BCUT2D eigenvalue weighted by Crippen LogP contribution is -2.36. The van der Waals surface area contributed by atoms with Crippen LogP contribution in [0.5, 0.6) is 5.75 Å². The van der Waals surface area contributed by atoms with Gasteiger partial charge in [0.15, 0.2) is 0 Å². The molecule has 2 aliphatic rings. The van der Waals surface area contributed by atoms with Crippen molar-refractivity contribution in [2.45, 2.75) is 25.0 Å². The van der Waals surface area contributed by atoms with Gasteiger partial charge in [0, 0.05) is 23.8 Å². The maximum Gasteiger partial charge on any atom is 0.115 e. The van der Waals surface area contributed by atoms with E-state index in [1.807, 2.05) is 36.4 Å². The third kappa shape index (κ3) is 2.43. The fourth-order valence-electron chi connectivity index (χ4n) is 3.79. The molecule has 0 aliphatic carbocycles. The van der Waals surface area contributed by atoms with Crippen molar-refractivity contribution in [3.63, 3.8) is 0 Å². The zero-order valence-corrected chi connectivity index (χ0v) is 12.7. The molecule has 0 spiro atoms. The lowest BCUT2D eigenvalue weighted by molar-refractivity contribution is -0.0381. The molecule has 0 amide bonds. The van der Waals surface area contributed by atoms with E-state index >= 15 is 0 Å². The molecular weight excluding hydrogens is 288 g/mol. The number of fused-ring (bicyclic) bond motifs is 3. The molecule has 0 saturated carbocycles. The van der Waals surface area contributed by atoms with Crippen molar-refractivity contribution in [1.82, 2.24) is 0 Å². The van der Waals surface area contributed by atoms with Crippen molar-refractivity contribution in [3.8, 4) is 11.8 Å². The second-order valence-corrected chi connectivity index (χ2v) is 6.23. The average Bonchev–Trinajstić information content (AvgIpc) is 2.60. The highest BCUT2D eigenvalue weighted by atomic mass is 16.5. The summed E-state index contributed by atoms with van der Waals surface area (Å²) in [6.45, 7) is 0.754. The third-order valence-electron chi connectivity index (χ3n) is 4.82. The van der Waals surface area contributed by atoms with Gasteiger partial charge in [-0.2, -0.15) is 5.26 Å². The minimum atomic E-state index is 0.000601. The number of nitrogens with one attached hydrogen (secondary N) is 1. The summed E-state index contributed by atoms with van der Waals surface area (Å²) in [5.41, 5.74) is 3.82. The van der Waals surface area contributed by atoms with Crippen LogP contribution in [0.4, 0.5) is 5.69 Å². The Bertz CT molecular complexity index is 781. The van der Waals surface area contributed by atoms with Gasteiger partial charge in [0.05, 0.1) is 23.8 Å². The Morgan fingerprint density at radius 3 is 2.96 bits per heavy atom. The molecule has 2 heterocycles. The summed E-state index contributed by atoms with van der Waals surface area (Å²) in [5.74, 6) is 0.579. The van der Waals surface area contributed by atoms with Crippen molar-refractivity contribution < 1.29 is 9.84 Å². The first-order valence-corrected chi connectivity index (χ1v) is 7.97. The second kappa shape index (κ2) is 5.60. The van der Waals surface area contributed by atoms with Gasteiger partial charge in [0.1, 0.15) is 5.75 Å². The standard InChI is InChI=1S/C19H18N2O2/c20-11-12-6-7-17-16(9-12)19-15(5-2-8-23-19)18(21-17)13-3-1-4-14(22)10-13/h1,3-4,6-7,9-10,15,18-19,21-22H,2,5,8H2/t15-,18+,19-/m0/s1. The first-order chi connectivity index (χ1) is 11.3. The molecule has 2 aliphatic heterocycles. The van der Waals surface area contributed by atoms with Crippen molar-refractivity contribution in [2.75, 3.05) is 11.9 Å². The maximum absolute atomic E-state index is 9.81. The lowest BCUT2D eigenvalue weighted by atomic mass is 9.77. The summed E-state index contributed by atoms with van der Waals surface area (Å²) >= 11 is 0. The van der Waals surface area contributed by atoms with Gasteiger partial charge < -0.3 is 15.2 Å². The largest absolute Gasteiger partial charge is 0.508 e. The van der Waals surface area contributed by atoms with E-state index in [2.05, 4.69) is 11.4 Å². The lowest BCUT2D eigenvalue weighted by Gasteiger charge is -2.43. The van der Waals surface area contributed by atoms with Crippen LogP contribution in [0.15, 0.2) is 42.5 Å². The Labute approximate surface area is 135 Å². The number of benzene rings is 2. The molecule has 2 aromatic rings. The van der Waals surface area contributed by atoms with Crippen molar-refractivity contribution in [3.05, 3.63) is 59.2 Å². The zero-order chi connectivity index (χ0) is 15.8. The summed E-state index contributed by atoms with van der Waals surface area (Å²) in [4.78, 5) is 0. The normalized spacial score (nSPS) is 25.6. The van der Waals surface area contributed by atoms with E-state index in [4.69, 9.17) is 10.00 Å². The third-order valence-corrected chi connectivity index (χ3v) is 4.82. The summed E-state index contributed by atoms with van der Waals surface area (Å²) in [6.07, 6.45) is 2.10. The van der Waals surface area contributed by atoms with Crippen molar-refractivity contribution in [1.29, 1.82) is 5.26 Å². The highest BCUT2D eigenvalue weighted by Crippen LogP contribution is 2.49. The molecule has 4 nitrogen and oxygen atoms in total. The molecule has 2 aromatic carbocycles. The molecule has 1 saturated heterocycles. The van der Waals surface area contributed by atoms with E-state index in [-0.39, 0.29) is 17.9 Å². The predicted octanol–water partition coefficient (Wildman–Crippen LogP) is 3.90. The number of hydrogen-bond donors (Lipinski definition) is 2. The molecule has 4 rings (SSSR count). The Morgan fingerprint density at radius 2 is 2.13 bits per heavy atom. The molecule has 0 radical (unpaired) electrons. The molecule has 116 valence electrons. The minimum Gasteiger partial charge on any atom is -0.508 e. The second-order valence-electron chi connectivity index (χ2n) is 6.23. The molecule has 23 heavy (non-hydrogen) atoms. The number of phenols is 1. The number of ether oxygens (including phenoxy) is 1. The van der Waals surface area contributed by atoms with E-state index in [1.165, 1.54) is 0 Å². The number of nitrogens with zero attached hydrogens (tertiary/aromatic N) is 1. The molecular formula is C19H18N2O2. The quantitative estimate of drug-likeness (QED) is 0.838. The Kier molecular flexibility index (Phi) is 3.44. The smallest absolute Gasteiger partial charge is 0.115 e. The number of phenolic OH excluding ortho intramolecular Hbond substituents is 1. The Morgan fingerprint density at radius 1 is 1.22 bits per heavy atom. The highest BCUT2D eigenvalue weighted by Gasteiger charge is 2.39. The van der Waals surface area contributed by atoms with Crippen LogP contribution in [0.3, 0.4) is 0 Å². The fourth-order valence-corrected chi connectivity index (χ4v) is 3.79. The highest BCUT2D eigenvalue weighted by molar-refractivity contribution is 5.59. The number of rotatable bonds is 1. The van der Waals surface area contributed by atoms with Gasteiger partial charge in [-0.1, -0.05) is 12.1 Å². The average molecular weight is 306 g/mol. The van der Waals surface area contributed by atoms with Crippen LogP contribution < -0.4 is 5.32 Å². The molecule has 3 atom stereocenters. The van der Waals surface area contributed by atoms with Gasteiger partial charge in [-0.3, -0.25) is 0 Å². The van der Waals surface area contributed by atoms with E-state index in [9.17, 15) is 5.11 Å². The first-order valence-electron chi connectivity index (χ1n) is 7.97. The molecule has 0 bridgehead atoms. The fraction of sp³-hybridized carbons (Fsp3) is 0.316. The Balaban J connectivity index is 1.79. The zero-order valence-electron chi connectivity index (χ0n) is 12.7. The summed E-state index contributed by atoms with van der Waals surface area (Å²) in [6, 6.07) is 15.4. The predicted molar refractivity (Wildman–Crippen MR) is 87.0 cm³/mol. The van der Waals surface area contributed by atoms with Crippen LogP contribution in [0.1, 0.15) is 41.7 Å². The molecule has 2 N–H and O–H groups in total. The molecule has 1 fully saturated rings. The summed E-state index contributed by atoms with van der Waals surface area (Å²) in [7, 11) is 0. The van der Waals surface area contributed by atoms with Crippen LogP contribution >= 0.6 is 0 Å². The van der Waals surface area contributed by atoms with Crippen LogP contribution in [0.2, 0.25) is 0 Å². The van der Waals surface area contributed by atoms with Gasteiger partial charge >= 0.3 is 0 Å². The number of nitriles is 1. The number of hydrogen-bond acceptors (Lipinski definition) is 4. The topological polar surface area (TPSA) is 65.3 Å². The van der Waals surface area contributed by atoms with Gasteiger partial charge in [0.25, 0.3) is 0 Å². The van der Waals surface area contributed by atoms with Crippen LogP contribution in [0, 0.1) is 17.2 Å². The molecule has 0 aromatic heterocycles. The van der Waals surface area contributed by atoms with Gasteiger partial charge in [-0.05, 0) is 48.7 Å². The number of anilines is 1. The van der Waals surface area contributed by atoms with Gasteiger partial charge in [-0.25, -0.2) is 0 Å². The monoisotopic (exact) mass is 306 g/mol. The van der Waals surface area contributed by atoms with E-state index in [0.29, 0.717) is 11.5 Å². The summed E-state index contributed by atoms with van der Waals surface area (Å²) < 4.78 is 6.08. The molecule has 4 heteroatoms. The van der Waals surface area contributed by atoms with Crippen LogP contribution in [0.25, 0.3) is 0 Å². The first kappa shape index (κ1) is 14.1. The summed E-state index contributed by atoms with van der Waals surface area (Å²) in [5, 5.41) is 22.6. The van der Waals surface area contributed by atoms with Gasteiger partial charge in [-0.15, -0.1) is 0 Å².